The highest BCUT2D eigenvalue weighted by molar-refractivity contribution is 5.76. The van der Waals surface area contributed by atoms with Crippen LogP contribution in [0, 0.1) is 11.3 Å². The molecule has 0 aromatic rings. The van der Waals surface area contributed by atoms with E-state index < -0.39 is 11.6 Å². The van der Waals surface area contributed by atoms with Gasteiger partial charge in [-0.3, -0.25) is 0 Å². The smallest absolute Gasteiger partial charge is 0.335 e. The predicted octanol–water partition coefficient (Wildman–Crippen LogP) is 2.43. The van der Waals surface area contributed by atoms with Gasteiger partial charge in [0, 0.05) is 0 Å². The van der Waals surface area contributed by atoms with Crippen LogP contribution in [0.2, 0.25) is 0 Å². The molecule has 0 amide bonds. The van der Waals surface area contributed by atoms with Crippen LogP contribution in [-0.2, 0) is 4.79 Å². The zero-order chi connectivity index (χ0) is 11.7. The molecule has 0 radical (unpaired) electrons. The molecule has 1 fully saturated rings. The van der Waals surface area contributed by atoms with E-state index in [2.05, 4.69) is 13.8 Å². The number of hydrogen-bond acceptors (Lipinski definition) is 2. The van der Waals surface area contributed by atoms with E-state index in [9.17, 15) is 9.90 Å². The van der Waals surface area contributed by atoms with Crippen molar-refractivity contribution in [3.63, 3.8) is 0 Å². The predicted molar refractivity (Wildman–Crippen MR) is 58.6 cm³/mol. The van der Waals surface area contributed by atoms with E-state index in [-0.39, 0.29) is 5.92 Å². The Morgan fingerprint density at radius 2 is 1.93 bits per heavy atom. The number of aliphatic hydroxyl groups is 1. The van der Waals surface area contributed by atoms with Gasteiger partial charge in [-0.1, -0.05) is 20.3 Å². The molecule has 88 valence electrons. The Labute approximate surface area is 91.5 Å². The van der Waals surface area contributed by atoms with Crippen LogP contribution in [0.5, 0.6) is 0 Å². The number of hydrogen-bond donors (Lipinski definition) is 2. The van der Waals surface area contributed by atoms with Crippen molar-refractivity contribution in [2.45, 2.75) is 58.5 Å². The van der Waals surface area contributed by atoms with Crippen molar-refractivity contribution in [1.82, 2.24) is 0 Å². The number of aliphatic carboxylic acids is 1. The monoisotopic (exact) mass is 214 g/mol. The third-order valence-corrected chi connectivity index (χ3v) is 3.80. The van der Waals surface area contributed by atoms with E-state index >= 15 is 0 Å². The zero-order valence-corrected chi connectivity index (χ0v) is 9.92. The molecule has 15 heavy (non-hydrogen) atoms. The van der Waals surface area contributed by atoms with Crippen molar-refractivity contribution in [2.75, 3.05) is 0 Å². The summed E-state index contributed by atoms with van der Waals surface area (Å²) in [5, 5.41) is 18.9. The van der Waals surface area contributed by atoms with Crippen LogP contribution in [0.1, 0.15) is 52.9 Å². The molecule has 1 aliphatic rings. The third kappa shape index (κ3) is 2.94. The van der Waals surface area contributed by atoms with Crippen LogP contribution in [0.3, 0.4) is 0 Å². The van der Waals surface area contributed by atoms with Crippen LogP contribution in [0.25, 0.3) is 0 Å². The minimum atomic E-state index is -1.56. The van der Waals surface area contributed by atoms with Gasteiger partial charge in [-0.25, -0.2) is 4.79 Å². The maximum absolute atomic E-state index is 10.9. The molecule has 2 N–H and O–H groups in total. The largest absolute Gasteiger partial charge is 0.479 e. The first kappa shape index (κ1) is 12.5. The summed E-state index contributed by atoms with van der Waals surface area (Å²) in [7, 11) is 0. The Morgan fingerprint density at radius 3 is 2.47 bits per heavy atom. The summed E-state index contributed by atoms with van der Waals surface area (Å²) >= 11 is 0. The standard InChI is InChI=1S/C12H22O3/c1-11(2)7-4-5-9(6-8-11)12(3,15)10(13)14/h9,15H,4-8H2,1-3H3,(H,13,14). The summed E-state index contributed by atoms with van der Waals surface area (Å²) in [6.07, 6.45) is 4.77. The molecule has 2 atom stereocenters. The van der Waals surface area contributed by atoms with Gasteiger partial charge in [-0.2, -0.15) is 0 Å². The van der Waals surface area contributed by atoms with Crippen molar-refractivity contribution >= 4 is 5.97 Å². The van der Waals surface area contributed by atoms with Crippen molar-refractivity contribution in [1.29, 1.82) is 0 Å². The second-order valence-corrected chi connectivity index (χ2v) is 5.74. The third-order valence-electron chi connectivity index (χ3n) is 3.80. The summed E-state index contributed by atoms with van der Waals surface area (Å²) in [5.41, 5.74) is -1.26. The van der Waals surface area contributed by atoms with E-state index in [0.717, 1.165) is 32.1 Å². The molecule has 0 aromatic carbocycles. The number of carboxylic acid groups (broad SMARTS) is 1. The molecule has 0 saturated heterocycles. The SMILES string of the molecule is CC1(C)CCCC(C(C)(O)C(=O)O)CC1. The highest BCUT2D eigenvalue weighted by Gasteiger charge is 2.40. The van der Waals surface area contributed by atoms with Crippen molar-refractivity contribution in [2.24, 2.45) is 11.3 Å². The van der Waals surface area contributed by atoms with Crippen molar-refractivity contribution in [3.8, 4) is 0 Å². The lowest BCUT2D eigenvalue weighted by molar-refractivity contribution is -0.163. The number of rotatable bonds is 2. The van der Waals surface area contributed by atoms with E-state index in [4.69, 9.17) is 5.11 Å². The van der Waals surface area contributed by atoms with Gasteiger partial charge in [0.25, 0.3) is 0 Å². The molecule has 3 nitrogen and oxygen atoms in total. The summed E-state index contributed by atoms with van der Waals surface area (Å²) < 4.78 is 0. The highest BCUT2D eigenvalue weighted by Crippen LogP contribution is 2.39. The van der Waals surface area contributed by atoms with Gasteiger partial charge < -0.3 is 10.2 Å². The second kappa shape index (κ2) is 4.12. The normalized spacial score (nSPS) is 30.3. The molecule has 0 spiro atoms. The van der Waals surface area contributed by atoms with Crippen LogP contribution in [-0.4, -0.2) is 21.8 Å². The molecule has 1 rings (SSSR count). The average Bonchev–Trinajstić information content (AvgIpc) is 2.26. The summed E-state index contributed by atoms with van der Waals surface area (Å²) in [6, 6.07) is 0. The van der Waals surface area contributed by atoms with E-state index in [0.29, 0.717) is 5.41 Å². The zero-order valence-electron chi connectivity index (χ0n) is 9.92. The van der Waals surface area contributed by atoms with Gasteiger partial charge in [0.2, 0.25) is 0 Å². The first-order valence-corrected chi connectivity index (χ1v) is 5.71. The number of carbonyl (C=O) groups is 1. The lowest BCUT2D eigenvalue weighted by Gasteiger charge is -2.28. The summed E-state index contributed by atoms with van der Waals surface area (Å²) in [6.45, 7) is 5.86. The van der Waals surface area contributed by atoms with Crippen LogP contribution in [0.15, 0.2) is 0 Å². The molecule has 2 unspecified atom stereocenters. The lowest BCUT2D eigenvalue weighted by atomic mass is 9.81. The molecular weight excluding hydrogens is 192 g/mol. The van der Waals surface area contributed by atoms with Gasteiger partial charge in [0.05, 0.1) is 0 Å². The fourth-order valence-electron chi connectivity index (χ4n) is 2.40. The fourth-order valence-corrected chi connectivity index (χ4v) is 2.40. The van der Waals surface area contributed by atoms with Gasteiger partial charge in [0.1, 0.15) is 0 Å². The Bertz CT molecular complexity index is 243. The van der Waals surface area contributed by atoms with E-state index in [1.807, 2.05) is 0 Å². The molecule has 0 aromatic heterocycles. The second-order valence-electron chi connectivity index (χ2n) is 5.74. The van der Waals surface area contributed by atoms with E-state index in [1.165, 1.54) is 6.92 Å². The van der Waals surface area contributed by atoms with E-state index in [1.54, 1.807) is 0 Å². The maximum atomic E-state index is 10.9. The average molecular weight is 214 g/mol. The van der Waals surface area contributed by atoms with Gasteiger partial charge in [-0.05, 0) is 43.9 Å². The Kier molecular flexibility index (Phi) is 3.44. The summed E-state index contributed by atoms with van der Waals surface area (Å²) in [5.74, 6) is -1.19. The van der Waals surface area contributed by atoms with Gasteiger partial charge in [0.15, 0.2) is 5.60 Å². The lowest BCUT2D eigenvalue weighted by Crippen LogP contribution is -2.42. The van der Waals surface area contributed by atoms with Crippen LogP contribution < -0.4 is 0 Å². The molecule has 1 aliphatic carbocycles. The van der Waals surface area contributed by atoms with Crippen LogP contribution in [0.4, 0.5) is 0 Å². The molecule has 0 bridgehead atoms. The minimum Gasteiger partial charge on any atom is -0.479 e. The molecule has 0 heterocycles. The maximum Gasteiger partial charge on any atom is 0.335 e. The van der Waals surface area contributed by atoms with Crippen molar-refractivity contribution < 1.29 is 15.0 Å². The van der Waals surface area contributed by atoms with Crippen molar-refractivity contribution in [3.05, 3.63) is 0 Å². The molecule has 1 saturated carbocycles. The Hall–Kier alpha value is -0.570. The first-order chi connectivity index (χ1) is 6.76. The molecule has 3 heteroatoms. The summed E-state index contributed by atoms with van der Waals surface area (Å²) in [4.78, 5) is 10.9. The molecule has 0 aliphatic heterocycles. The number of carboxylic acids is 1. The van der Waals surface area contributed by atoms with Gasteiger partial charge in [-0.15, -0.1) is 0 Å². The first-order valence-electron chi connectivity index (χ1n) is 5.71. The topological polar surface area (TPSA) is 57.5 Å². The van der Waals surface area contributed by atoms with Crippen LogP contribution >= 0.6 is 0 Å². The highest BCUT2D eigenvalue weighted by atomic mass is 16.4. The Balaban J connectivity index is 2.69. The fraction of sp³-hybridized carbons (Fsp3) is 0.917. The minimum absolute atomic E-state index is 0.100. The molecular formula is C12H22O3. The quantitative estimate of drug-likeness (QED) is 0.694. The Morgan fingerprint density at radius 1 is 1.33 bits per heavy atom. The van der Waals surface area contributed by atoms with Gasteiger partial charge >= 0.3 is 5.97 Å².